The summed E-state index contributed by atoms with van der Waals surface area (Å²) in [6.45, 7) is 1.95. The number of amides is 1. The molecule has 1 atom stereocenters. The normalized spacial score (nSPS) is 11.7. The van der Waals surface area contributed by atoms with Crippen LogP contribution in [0.5, 0.6) is 5.88 Å². The van der Waals surface area contributed by atoms with E-state index in [4.69, 9.17) is 9.84 Å². The van der Waals surface area contributed by atoms with E-state index in [0.717, 1.165) is 12.8 Å². The Morgan fingerprint density at radius 1 is 1.42 bits per heavy atom. The maximum absolute atomic E-state index is 11.8. The third-order valence-corrected chi connectivity index (χ3v) is 2.53. The smallest absolute Gasteiger partial charge is 0.326 e. The molecule has 0 aromatic carbocycles. The van der Waals surface area contributed by atoms with E-state index in [9.17, 15) is 9.59 Å². The van der Waals surface area contributed by atoms with Crippen LogP contribution in [0.3, 0.4) is 0 Å². The van der Waals surface area contributed by atoms with Crippen molar-refractivity contribution in [3.8, 4) is 5.88 Å². The van der Waals surface area contributed by atoms with Gasteiger partial charge in [-0.05, 0) is 12.5 Å². The second-order valence-corrected chi connectivity index (χ2v) is 3.97. The fraction of sp³-hybridized carbons (Fsp3) is 0.500. The van der Waals surface area contributed by atoms with Crippen LogP contribution >= 0.6 is 0 Å². The van der Waals surface area contributed by atoms with Gasteiger partial charge in [-0.25, -0.2) is 4.79 Å². The van der Waals surface area contributed by atoms with E-state index < -0.39 is 17.9 Å². The lowest BCUT2D eigenvalue weighted by molar-refractivity contribution is -0.139. The van der Waals surface area contributed by atoms with Crippen molar-refractivity contribution >= 4 is 11.9 Å². The lowest BCUT2D eigenvalue weighted by Crippen LogP contribution is -2.41. The van der Waals surface area contributed by atoms with Gasteiger partial charge >= 0.3 is 5.97 Å². The Morgan fingerprint density at radius 3 is 2.63 bits per heavy atom. The zero-order valence-electron chi connectivity index (χ0n) is 10.9. The summed E-state index contributed by atoms with van der Waals surface area (Å²) < 4.78 is 4.82. The number of aromatic nitrogens is 2. The van der Waals surface area contributed by atoms with E-state index in [2.05, 4.69) is 15.5 Å². The van der Waals surface area contributed by atoms with Gasteiger partial charge in [-0.1, -0.05) is 19.8 Å². The summed E-state index contributed by atoms with van der Waals surface area (Å²) in [6, 6.07) is 2.01. The number of carboxylic acids is 1. The molecule has 1 heterocycles. The average molecular weight is 267 g/mol. The highest BCUT2D eigenvalue weighted by Gasteiger charge is 2.20. The van der Waals surface area contributed by atoms with Crippen molar-refractivity contribution in [3.05, 3.63) is 17.8 Å². The van der Waals surface area contributed by atoms with E-state index in [1.54, 1.807) is 0 Å². The van der Waals surface area contributed by atoms with Gasteiger partial charge in [-0.3, -0.25) is 4.79 Å². The van der Waals surface area contributed by atoms with Crippen molar-refractivity contribution in [3.63, 3.8) is 0 Å². The highest BCUT2D eigenvalue weighted by molar-refractivity contribution is 5.94. The lowest BCUT2D eigenvalue weighted by atomic mass is 10.1. The number of unbranched alkanes of at least 4 members (excludes halogenated alkanes) is 1. The van der Waals surface area contributed by atoms with Crippen LogP contribution in [0.1, 0.15) is 36.7 Å². The molecule has 19 heavy (non-hydrogen) atoms. The Bertz CT molecular complexity index is 433. The number of nitrogens with one attached hydrogen (secondary N) is 1. The summed E-state index contributed by atoms with van der Waals surface area (Å²) in [4.78, 5) is 22.8. The number of nitrogens with zero attached hydrogens (tertiary/aromatic N) is 2. The maximum Gasteiger partial charge on any atom is 0.326 e. The Balaban J connectivity index is 2.67. The largest absolute Gasteiger partial charge is 0.480 e. The van der Waals surface area contributed by atoms with Gasteiger partial charge in [0.2, 0.25) is 5.88 Å². The van der Waals surface area contributed by atoms with Crippen molar-refractivity contribution in [1.29, 1.82) is 0 Å². The molecular weight excluding hydrogens is 250 g/mol. The fourth-order valence-corrected chi connectivity index (χ4v) is 1.45. The Hall–Kier alpha value is -2.18. The Morgan fingerprint density at radius 2 is 2.16 bits per heavy atom. The van der Waals surface area contributed by atoms with E-state index in [1.807, 2.05) is 6.92 Å². The molecule has 0 saturated heterocycles. The van der Waals surface area contributed by atoms with Crippen molar-refractivity contribution in [2.45, 2.75) is 32.2 Å². The molecule has 104 valence electrons. The molecule has 0 spiro atoms. The maximum atomic E-state index is 11.8. The van der Waals surface area contributed by atoms with Gasteiger partial charge in [-0.2, -0.15) is 0 Å². The van der Waals surface area contributed by atoms with Crippen LogP contribution in [0.2, 0.25) is 0 Å². The van der Waals surface area contributed by atoms with Crippen molar-refractivity contribution in [2.24, 2.45) is 0 Å². The molecular formula is C12H17N3O4. The number of carbonyl (C=O) groups is 2. The molecule has 0 aliphatic heterocycles. The van der Waals surface area contributed by atoms with Crippen LogP contribution in [0.15, 0.2) is 12.1 Å². The number of hydrogen-bond acceptors (Lipinski definition) is 5. The zero-order chi connectivity index (χ0) is 14.3. The van der Waals surface area contributed by atoms with Crippen LogP contribution in [0, 0.1) is 0 Å². The number of hydrogen-bond donors (Lipinski definition) is 2. The first kappa shape index (κ1) is 14.9. The van der Waals surface area contributed by atoms with Crippen molar-refractivity contribution < 1.29 is 19.4 Å². The average Bonchev–Trinajstić information content (AvgIpc) is 2.43. The monoisotopic (exact) mass is 267 g/mol. The van der Waals surface area contributed by atoms with Gasteiger partial charge in [0.05, 0.1) is 7.11 Å². The lowest BCUT2D eigenvalue weighted by Gasteiger charge is -2.13. The van der Waals surface area contributed by atoms with Crippen LogP contribution in [0.25, 0.3) is 0 Å². The van der Waals surface area contributed by atoms with E-state index in [1.165, 1.54) is 19.2 Å². The third-order valence-electron chi connectivity index (χ3n) is 2.53. The zero-order valence-corrected chi connectivity index (χ0v) is 10.9. The highest BCUT2D eigenvalue weighted by Crippen LogP contribution is 2.05. The molecule has 0 aliphatic rings. The Kier molecular flexibility index (Phi) is 5.72. The minimum absolute atomic E-state index is 0.0588. The quantitative estimate of drug-likeness (QED) is 0.759. The standard InChI is InChI=1S/C12H17N3O4/c1-3-4-5-9(12(17)18)13-11(16)8-6-7-10(19-2)15-14-8/h6-7,9H,3-5H2,1-2H3,(H,13,16)(H,17,18). The van der Waals surface area contributed by atoms with Gasteiger partial charge < -0.3 is 15.2 Å². The summed E-state index contributed by atoms with van der Waals surface area (Å²) in [7, 11) is 1.44. The highest BCUT2D eigenvalue weighted by atomic mass is 16.5. The van der Waals surface area contributed by atoms with Gasteiger partial charge in [-0.15, -0.1) is 10.2 Å². The van der Waals surface area contributed by atoms with E-state index in [0.29, 0.717) is 6.42 Å². The van der Waals surface area contributed by atoms with Crippen LogP contribution in [-0.2, 0) is 4.79 Å². The first-order valence-electron chi connectivity index (χ1n) is 5.99. The number of aliphatic carboxylic acids is 1. The minimum atomic E-state index is -1.05. The predicted octanol–water partition coefficient (Wildman–Crippen LogP) is 0.858. The number of carboxylic acid groups (broad SMARTS) is 1. The molecule has 1 amide bonds. The first-order chi connectivity index (χ1) is 9.08. The van der Waals surface area contributed by atoms with Crippen molar-refractivity contribution in [1.82, 2.24) is 15.5 Å². The molecule has 7 heteroatoms. The number of methoxy groups -OCH3 is 1. The molecule has 1 aromatic heterocycles. The molecule has 0 aliphatic carbocycles. The second kappa shape index (κ2) is 7.30. The number of rotatable bonds is 7. The van der Waals surface area contributed by atoms with E-state index >= 15 is 0 Å². The molecule has 1 unspecified atom stereocenters. The summed E-state index contributed by atoms with van der Waals surface area (Å²) in [5, 5.41) is 18.7. The van der Waals surface area contributed by atoms with Crippen LogP contribution in [0.4, 0.5) is 0 Å². The summed E-state index contributed by atoms with van der Waals surface area (Å²) in [5.74, 6) is -1.32. The van der Waals surface area contributed by atoms with Crippen molar-refractivity contribution in [2.75, 3.05) is 7.11 Å². The Labute approximate surface area is 111 Å². The van der Waals surface area contributed by atoms with Gasteiger partial charge in [0, 0.05) is 6.07 Å². The molecule has 2 N–H and O–H groups in total. The molecule has 0 fully saturated rings. The summed E-state index contributed by atoms with van der Waals surface area (Å²) >= 11 is 0. The second-order valence-electron chi connectivity index (χ2n) is 3.97. The summed E-state index contributed by atoms with van der Waals surface area (Å²) in [5.41, 5.74) is 0.0588. The summed E-state index contributed by atoms with van der Waals surface area (Å²) in [6.07, 6.45) is 1.98. The van der Waals surface area contributed by atoms with Gasteiger partial charge in [0.25, 0.3) is 5.91 Å². The molecule has 0 saturated carbocycles. The minimum Gasteiger partial charge on any atom is -0.480 e. The third kappa shape index (κ3) is 4.53. The van der Waals surface area contributed by atoms with Crippen LogP contribution < -0.4 is 10.1 Å². The predicted molar refractivity (Wildman–Crippen MR) is 67.0 cm³/mol. The fourth-order valence-electron chi connectivity index (χ4n) is 1.45. The molecule has 7 nitrogen and oxygen atoms in total. The van der Waals surface area contributed by atoms with Gasteiger partial charge in [0.15, 0.2) is 5.69 Å². The molecule has 0 bridgehead atoms. The van der Waals surface area contributed by atoms with Crippen LogP contribution in [-0.4, -0.2) is 40.3 Å². The topological polar surface area (TPSA) is 101 Å². The number of carbonyl (C=O) groups excluding carboxylic acids is 1. The van der Waals surface area contributed by atoms with E-state index in [-0.39, 0.29) is 11.6 Å². The molecule has 0 radical (unpaired) electrons. The van der Waals surface area contributed by atoms with Gasteiger partial charge in [0.1, 0.15) is 6.04 Å². The number of ether oxygens (including phenoxy) is 1. The molecule has 1 rings (SSSR count). The first-order valence-corrected chi connectivity index (χ1v) is 5.99. The SMILES string of the molecule is CCCCC(NC(=O)c1ccc(OC)nn1)C(=O)O. The molecule has 1 aromatic rings.